The number of benzene rings is 2. The number of para-hydroxylation sites is 1. The summed E-state index contributed by atoms with van der Waals surface area (Å²) in [6, 6.07) is 15.3. The highest BCUT2D eigenvalue weighted by molar-refractivity contribution is 6.07. The summed E-state index contributed by atoms with van der Waals surface area (Å²) < 4.78 is 5.47. The molecular formula is C25H32N2O3. The minimum Gasteiger partial charge on any atom is -0.496 e. The monoisotopic (exact) mass is 408 g/mol. The van der Waals surface area contributed by atoms with Crippen molar-refractivity contribution in [2.24, 2.45) is 5.92 Å². The molecule has 5 heteroatoms. The van der Waals surface area contributed by atoms with Gasteiger partial charge >= 0.3 is 0 Å². The quantitative estimate of drug-likeness (QED) is 0.621. The third kappa shape index (κ3) is 5.48. The van der Waals surface area contributed by atoms with Crippen LogP contribution in [0.3, 0.4) is 0 Å². The highest BCUT2D eigenvalue weighted by atomic mass is 16.5. The fourth-order valence-electron chi connectivity index (χ4n) is 4.34. The first-order chi connectivity index (χ1) is 14.5. The average Bonchev–Trinajstić information content (AvgIpc) is 2.77. The lowest BCUT2D eigenvalue weighted by atomic mass is 9.96. The lowest BCUT2D eigenvalue weighted by Gasteiger charge is -2.35. The summed E-state index contributed by atoms with van der Waals surface area (Å²) in [5.41, 5.74) is 2.23. The van der Waals surface area contributed by atoms with Crippen molar-refractivity contribution in [1.29, 1.82) is 0 Å². The highest BCUT2D eigenvalue weighted by Crippen LogP contribution is 2.22. The van der Waals surface area contributed by atoms with Gasteiger partial charge in [-0.3, -0.25) is 9.59 Å². The van der Waals surface area contributed by atoms with Crippen LogP contribution in [-0.2, 0) is 6.42 Å². The van der Waals surface area contributed by atoms with Crippen molar-refractivity contribution >= 4 is 11.7 Å². The molecule has 1 fully saturated rings. The summed E-state index contributed by atoms with van der Waals surface area (Å²) in [4.78, 5) is 29.1. The van der Waals surface area contributed by atoms with Crippen molar-refractivity contribution in [2.45, 2.75) is 26.2 Å². The van der Waals surface area contributed by atoms with Crippen molar-refractivity contribution in [1.82, 2.24) is 9.80 Å². The zero-order valence-corrected chi connectivity index (χ0v) is 18.3. The third-order valence-electron chi connectivity index (χ3n) is 5.91. The van der Waals surface area contributed by atoms with Gasteiger partial charge in [-0.1, -0.05) is 36.4 Å². The number of hydrogen-bond donors (Lipinski definition) is 0. The number of likely N-dealkylation sites (tertiary alicyclic amines) is 1. The molecule has 3 rings (SSSR count). The second-order valence-electron chi connectivity index (χ2n) is 8.16. The molecule has 1 saturated heterocycles. The second-order valence-corrected chi connectivity index (χ2v) is 8.16. The van der Waals surface area contributed by atoms with Gasteiger partial charge in [0.15, 0.2) is 5.78 Å². The van der Waals surface area contributed by atoms with Crippen molar-refractivity contribution in [3.63, 3.8) is 0 Å². The van der Waals surface area contributed by atoms with Gasteiger partial charge in [-0.05, 0) is 56.3 Å². The predicted octanol–water partition coefficient (Wildman–Crippen LogP) is 3.92. The third-order valence-corrected chi connectivity index (χ3v) is 5.91. The number of ketones is 1. The average molecular weight is 409 g/mol. The second kappa shape index (κ2) is 10.4. The summed E-state index contributed by atoms with van der Waals surface area (Å²) in [7, 11) is 3.56. The van der Waals surface area contributed by atoms with Crippen LogP contribution in [-0.4, -0.2) is 61.8 Å². The van der Waals surface area contributed by atoms with Gasteiger partial charge in [-0.2, -0.15) is 0 Å². The number of amides is 1. The minimum atomic E-state index is -0.0769. The van der Waals surface area contributed by atoms with Gasteiger partial charge in [0, 0.05) is 32.2 Å². The zero-order chi connectivity index (χ0) is 21.5. The smallest absolute Gasteiger partial charge is 0.254 e. The number of ether oxygens (including phenoxy) is 1. The molecule has 0 radical (unpaired) electrons. The lowest BCUT2D eigenvalue weighted by molar-refractivity contribution is 0.0726. The van der Waals surface area contributed by atoms with Gasteiger partial charge in [-0.15, -0.1) is 0 Å². The Morgan fingerprint density at radius 2 is 1.80 bits per heavy atom. The molecule has 1 amide bonds. The van der Waals surface area contributed by atoms with E-state index >= 15 is 0 Å². The van der Waals surface area contributed by atoms with Crippen molar-refractivity contribution in [3.8, 4) is 5.75 Å². The molecule has 5 nitrogen and oxygen atoms in total. The van der Waals surface area contributed by atoms with Crippen molar-refractivity contribution in [3.05, 3.63) is 65.2 Å². The van der Waals surface area contributed by atoms with E-state index in [1.165, 1.54) is 12.5 Å². The number of Topliss-reactive ketones (excluding diaryl/α,β-unsaturated/α-hetero) is 1. The van der Waals surface area contributed by atoms with Gasteiger partial charge < -0.3 is 14.5 Å². The number of carbonyl (C=O) groups is 2. The Kier molecular flexibility index (Phi) is 7.63. The van der Waals surface area contributed by atoms with Gasteiger partial charge in [0.1, 0.15) is 5.75 Å². The van der Waals surface area contributed by atoms with Crippen LogP contribution in [0.5, 0.6) is 5.75 Å². The van der Waals surface area contributed by atoms with Crippen LogP contribution in [0.2, 0.25) is 0 Å². The normalized spacial score (nSPS) is 16.8. The Morgan fingerprint density at radius 3 is 2.53 bits per heavy atom. The molecule has 160 valence electrons. The van der Waals surface area contributed by atoms with Crippen LogP contribution in [0.25, 0.3) is 0 Å². The van der Waals surface area contributed by atoms with E-state index in [2.05, 4.69) is 17.0 Å². The molecular weight excluding hydrogens is 376 g/mol. The highest BCUT2D eigenvalue weighted by Gasteiger charge is 2.24. The van der Waals surface area contributed by atoms with E-state index in [4.69, 9.17) is 4.74 Å². The number of carbonyl (C=O) groups excluding carboxylic acids is 2. The van der Waals surface area contributed by atoms with Crippen LogP contribution < -0.4 is 4.74 Å². The molecule has 0 aliphatic carbocycles. The van der Waals surface area contributed by atoms with Gasteiger partial charge in [-0.25, -0.2) is 0 Å². The standard InChI is InChI=1S/C25H32N2O3/c1-19(28)22-11-5-6-12-23(22)25(29)26(2)17-20-9-8-15-27(18-20)16-14-21-10-4-7-13-24(21)30-3/h4-7,10-13,20H,8-9,14-18H2,1-3H3. The lowest BCUT2D eigenvalue weighted by Crippen LogP contribution is -2.42. The Balaban J connectivity index is 1.57. The molecule has 1 aliphatic heterocycles. The van der Waals surface area contributed by atoms with E-state index in [0.29, 0.717) is 23.6 Å². The summed E-state index contributed by atoms with van der Waals surface area (Å²) in [5, 5.41) is 0. The summed E-state index contributed by atoms with van der Waals surface area (Å²) in [6.45, 7) is 5.28. The maximum Gasteiger partial charge on any atom is 0.254 e. The van der Waals surface area contributed by atoms with E-state index in [-0.39, 0.29) is 11.7 Å². The molecule has 0 saturated carbocycles. The molecule has 0 spiro atoms. The minimum absolute atomic E-state index is 0.0764. The van der Waals surface area contributed by atoms with Crippen LogP contribution >= 0.6 is 0 Å². The number of nitrogens with zero attached hydrogens (tertiary/aromatic N) is 2. The Bertz CT molecular complexity index is 880. The Labute approximate surface area is 179 Å². The molecule has 2 aromatic rings. The molecule has 1 unspecified atom stereocenters. The summed E-state index contributed by atoms with van der Waals surface area (Å²) >= 11 is 0. The van der Waals surface area contributed by atoms with E-state index in [0.717, 1.165) is 44.6 Å². The molecule has 0 N–H and O–H groups in total. The number of methoxy groups -OCH3 is 1. The van der Waals surface area contributed by atoms with E-state index in [1.54, 1.807) is 30.2 Å². The topological polar surface area (TPSA) is 49.9 Å². The molecule has 0 bridgehead atoms. The molecule has 2 aromatic carbocycles. The maximum absolute atomic E-state index is 13.0. The molecule has 30 heavy (non-hydrogen) atoms. The van der Waals surface area contributed by atoms with Crippen molar-refractivity contribution < 1.29 is 14.3 Å². The Morgan fingerprint density at radius 1 is 1.10 bits per heavy atom. The van der Waals surface area contributed by atoms with Crippen LogP contribution in [0.15, 0.2) is 48.5 Å². The predicted molar refractivity (Wildman–Crippen MR) is 119 cm³/mol. The number of rotatable bonds is 8. The first kappa shape index (κ1) is 22.0. The maximum atomic E-state index is 13.0. The van der Waals surface area contributed by atoms with Gasteiger partial charge in [0.05, 0.1) is 12.7 Å². The van der Waals surface area contributed by atoms with E-state index in [1.807, 2.05) is 25.2 Å². The van der Waals surface area contributed by atoms with E-state index in [9.17, 15) is 9.59 Å². The molecule has 1 heterocycles. The molecule has 0 aromatic heterocycles. The van der Waals surface area contributed by atoms with Crippen LogP contribution in [0.4, 0.5) is 0 Å². The van der Waals surface area contributed by atoms with Crippen molar-refractivity contribution in [2.75, 3.05) is 40.3 Å². The Hall–Kier alpha value is -2.66. The SMILES string of the molecule is COc1ccccc1CCN1CCCC(CN(C)C(=O)c2ccccc2C(C)=O)C1. The first-order valence-electron chi connectivity index (χ1n) is 10.7. The molecule has 1 atom stereocenters. The van der Waals surface area contributed by atoms with E-state index < -0.39 is 0 Å². The largest absolute Gasteiger partial charge is 0.496 e. The van der Waals surface area contributed by atoms with Gasteiger partial charge in [0.2, 0.25) is 0 Å². The fourth-order valence-corrected chi connectivity index (χ4v) is 4.34. The van der Waals surface area contributed by atoms with Gasteiger partial charge in [0.25, 0.3) is 5.91 Å². The zero-order valence-electron chi connectivity index (χ0n) is 18.3. The van der Waals surface area contributed by atoms with Crippen LogP contribution in [0, 0.1) is 5.92 Å². The fraction of sp³-hybridized carbons (Fsp3) is 0.440. The number of piperidine rings is 1. The first-order valence-corrected chi connectivity index (χ1v) is 10.7. The summed E-state index contributed by atoms with van der Waals surface area (Å²) in [6.07, 6.45) is 3.22. The molecule has 1 aliphatic rings. The van der Waals surface area contributed by atoms with Crippen LogP contribution in [0.1, 0.15) is 46.0 Å². The number of hydrogen-bond acceptors (Lipinski definition) is 4. The summed E-state index contributed by atoms with van der Waals surface area (Å²) in [5.74, 6) is 1.23.